The molecule has 1 atom stereocenters. The van der Waals surface area contributed by atoms with Crippen molar-refractivity contribution in [3.8, 4) is 0 Å². The Morgan fingerprint density at radius 2 is 1.55 bits per heavy atom. The maximum atomic E-state index is 12.4. The van der Waals surface area contributed by atoms with E-state index in [-0.39, 0.29) is 21.2 Å². The van der Waals surface area contributed by atoms with Crippen LogP contribution >= 0.6 is 34.8 Å². The minimum atomic E-state index is -1.18. The van der Waals surface area contributed by atoms with E-state index in [9.17, 15) is 19.2 Å². The van der Waals surface area contributed by atoms with E-state index in [0.717, 1.165) is 0 Å². The molecule has 0 spiro atoms. The normalized spacial score (nSPS) is 13.9. The smallest absolute Gasteiger partial charge is 0.326 e. The van der Waals surface area contributed by atoms with Gasteiger partial charge in [0.1, 0.15) is 6.54 Å². The number of carbonyl (C=O) groups excluding carboxylic acids is 4. The van der Waals surface area contributed by atoms with Crippen molar-refractivity contribution in [2.75, 3.05) is 11.9 Å². The fraction of sp³-hybridized carbons (Fsp3) is 0.158. The van der Waals surface area contributed by atoms with Gasteiger partial charge in [0.05, 0.1) is 31.9 Å². The summed E-state index contributed by atoms with van der Waals surface area (Å²) < 4.78 is 5.04. The van der Waals surface area contributed by atoms with Crippen molar-refractivity contribution in [1.29, 1.82) is 0 Å². The molecule has 2 aromatic rings. The van der Waals surface area contributed by atoms with Crippen LogP contribution in [0, 0.1) is 0 Å². The number of ether oxygens (including phenoxy) is 1. The molecule has 150 valence electrons. The summed E-state index contributed by atoms with van der Waals surface area (Å²) in [6.45, 7) is 0.692. The summed E-state index contributed by atoms with van der Waals surface area (Å²) >= 11 is 17.7. The van der Waals surface area contributed by atoms with Gasteiger partial charge in [-0.2, -0.15) is 0 Å². The zero-order chi connectivity index (χ0) is 21.3. The summed E-state index contributed by atoms with van der Waals surface area (Å²) in [6, 6.07) is 9.09. The standard InChI is InChI=1S/C19H13Cl3N2O5/c1-9(17(26)23-15-5-3-2-4-12(15)20)29-16(25)8-24-18(27)10-6-13(21)14(22)7-11(10)19(24)28/h2-7,9H,8H2,1H3,(H,23,26). The molecule has 0 saturated carbocycles. The third-order valence-electron chi connectivity index (χ3n) is 4.11. The van der Waals surface area contributed by atoms with Crippen molar-refractivity contribution in [1.82, 2.24) is 4.90 Å². The molecule has 0 saturated heterocycles. The lowest BCUT2D eigenvalue weighted by atomic mass is 10.1. The summed E-state index contributed by atoms with van der Waals surface area (Å²) in [5, 5.41) is 3.07. The van der Waals surface area contributed by atoms with E-state index in [0.29, 0.717) is 15.6 Å². The van der Waals surface area contributed by atoms with Gasteiger partial charge >= 0.3 is 5.97 Å². The number of para-hydroxylation sites is 1. The fourth-order valence-electron chi connectivity index (χ4n) is 2.64. The van der Waals surface area contributed by atoms with Crippen LogP contribution < -0.4 is 5.32 Å². The topological polar surface area (TPSA) is 92.8 Å². The van der Waals surface area contributed by atoms with Gasteiger partial charge in [-0.15, -0.1) is 0 Å². The largest absolute Gasteiger partial charge is 0.451 e. The summed E-state index contributed by atoms with van der Waals surface area (Å²) in [6.07, 6.45) is -1.18. The molecule has 1 heterocycles. The van der Waals surface area contributed by atoms with Crippen LogP contribution in [0.5, 0.6) is 0 Å². The molecule has 0 aliphatic carbocycles. The van der Waals surface area contributed by atoms with E-state index in [1.807, 2.05) is 0 Å². The lowest BCUT2D eigenvalue weighted by Crippen LogP contribution is -2.38. The van der Waals surface area contributed by atoms with Gasteiger partial charge in [0, 0.05) is 0 Å². The van der Waals surface area contributed by atoms with Crippen molar-refractivity contribution >= 4 is 64.2 Å². The highest BCUT2D eigenvalue weighted by atomic mass is 35.5. The molecule has 1 N–H and O–H groups in total. The third kappa shape index (κ3) is 4.37. The summed E-state index contributed by atoms with van der Waals surface area (Å²) in [7, 11) is 0. The number of amides is 3. The SMILES string of the molecule is CC(OC(=O)CN1C(=O)c2cc(Cl)c(Cl)cc2C1=O)C(=O)Nc1ccccc1Cl. The van der Waals surface area contributed by atoms with Crippen LogP contribution in [0.1, 0.15) is 27.6 Å². The Hall–Kier alpha value is -2.61. The van der Waals surface area contributed by atoms with E-state index < -0.39 is 36.3 Å². The highest BCUT2D eigenvalue weighted by Crippen LogP contribution is 2.31. The van der Waals surface area contributed by atoms with Crippen LogP contribution in [0.2, 0.25) is 15.1 Å². The second-order valence-electron chi connectivity index (χ2n) is 6.11. The van der Waals surface area contributed by atoms with Crippen LogP contribution in [0.3, 0.4) is 0 Å². The van der Waals surface area contributed by atoms with Crippen molar-refractivity contribution in [3.05, 3.63) is 62.6 Å². The first-order valence-corrected chi connectivity index (χ1v) is 9.42. The molecule has 3 rings (SSSR count). The molecule has 1 unspecified atom stereocenters. The maximum absolute atomic E-state index is 12.4. The molecule has 0 fully saturated rings. The van der Waals surface area contributed by atoms with Gasteiger partial charge < -0.3 is 10.1 Å². The molecule has 29 heavy (non-hydrogen) atoms. The highest BCUT2D eigenvalue weighted by molar-refractivity contribution is 6.43. The fourth-order valence-corrected chi connectivity index (χ4v) is 3.15. The number of fused-ring (bicyclic) bond motifs is 1. The predicted octanol–water partition coefficient (Wildman–Crippen LogP) is 3.81. The third-order valence-corrected chi connectivity index (χ3v) is 5.16. The molecule has 0 bridgehead atoms. The second kappa shape index (κ2) is 8.41. The Morgan fingerprint density at radius 1 is 1.00 bits per heavy atom. The quantitative estimate of drug-likeness (QED) is 0.547. The number of hydrogen-bond donors (Lipinski definition) is 1. The zero-order valence-electron chi connectivity index (χ0n) is 14.9. The molecule has 0 radical (unpaired) electrons. The number of carbonyl (C=O) groups is 4. The number of nitrogens with zero attached hydrogens (tertiary/aromatic N) is 1. The number of anilines is 1. The lowest BCUT2D eigenvalue weighted by Gasteiger charge is -2.17. The van der Waals surface area contributed by atoms with Crippen LogP contribution in [0.25, 0.3) is 0 Å². The number of rotatable bonds is 5. The van der Waals surface area contributed by atoms with Crippen LogP contribution in [0.15, 0.2) is 36.4 Å². The molecule has 0 aromatic heterocycles. The molecular weight excluding hydrogens is 443 g/mol. The van der Waals surface area contributed by atoms with Gasteiger partial charge in [-0.05, 0) is 31.2 Å². The lowest BCUT2D eigenvalue weighted by molar-refractivity contribution is -0.153. The van der Waals surface area contributed by atoms with Crippen molar-refractivity contribution in [3.63, 3.8) is 0 Å². The summed E-state index contributed by atoms with van der Waals surface area (Å²) in [5.41, 5.74) is 0.444. The average Bonchev–Trinajstić information content (AvgIpc) is 2.88. The number of hydrogen-bond acceptors (Lipinski definition) is 5. The number of halogens is 3. The first-order chi connectivity index (χ1) is 13.7. The molecule has 10 heteroatoms. The Bertz CT molecular complexity index is 999. The van der Waals surface area contributed by atoms with Gasteiger partial charge in [-0.3, -0.25) is 24.1 Å². The Morgan fingerprint density at radius 3 is 2.10 bits per heavy atom. The first-order valence-electron chi connectivity index (χ1n) is 8.29. The summed E-state index contributed by atoms with van der Waals surface area (Å²) in [5.74, 6) is -2.95. The van der Waals surface area contributed by atoms with Crippen molar-refractivity contribution < 1.29 is 23.9 Å². The van der Waals surface area contributed by atoms with E-state index in [2.05, 4.69) is 5.32 Å². The monoisotopic (exact) mass is 454 g/mol. The van der Waals surface area contributed by atoms with Gasteiger partial charge in [0.2, 0.25) is 0 Å². The highest BCUT2D eigenvalue weighted by Gasteiger charge is 2.38. The molecule has 2 aromatic carbocycles. The molecule has 1 aliphatic heterocycles. The molecular formula is C19H13Cl3N2O5. The minimum Gasteiger partial charge on any atom is -0.451 e. The Labute approximate surface area is 180 Å². The Balaban J connectivity index is 1.63. The zero-order valence-corrected chi connectivity index (χ0v) is 17.1. The predicted molar refractivity (Wildman–Crippen MR) is 107 cm³/mol. The maximum Gasteiger partial charge on any atom is 0.326 e. The molecule has 7 nitrogen and oxygen atoms in total. The molecule has 3 amide bonds. The minimum absolute atomic E-state index is 0.0433. The molecule has 1 aliphatic rings. The second-order valence-corrected chi connectivity index (χ2v) is 7.33. The number of nitrogens with one attached hydrogen (secondary N) is 1. The number of imide groups is 1. The van der Waals surface area contributed by atoms with E-state index >= 15 is 0 Å². The van der Waals surface area contributed by atoms with E-state index in [1.54, 1.807) is 24.3 Å². The summed E-state index contributed by atoms with van der Waals surface area (Å²) in [4.78, 5) is 49.9. The number of esters is 1. The van der Waals surface area contributed by atoms with E-state index in [1.165, 1.54) is 19.1 Å². The van der Waals surface area contributed by atoms with Crippen molar-refractivity contribution in [2.45, 2.75) is 13.0 Å². The van der Waals surface area contributed by atoms with Gasteiger partial charge in [0.15, 0.2) is 6.10 Å². The van der Waals surface area contributed by atoms with Crippen molar-refractivity contribution in [2.24, 2.45) is 0 Å². The van der Waals surface area contributed by atoms with Crippen LogP contribution in [-0.4, -0.2) is 41.2 Å². The van der Waals surface area contributed by atoms with Crippen LogP contribution in [0.4, 0.5) is 5.69 Å². The van der Waals surface area contributed by atoms with Gasteiger partial charge in [-0.25, -0.2) is 0 Å². The van der Waals surface area contributed by atoms with Crippen LogP contribution in [-0.2, 0) is 14.3 Å². The van der Waals surface area contributed by atoms with Gasteiger partial charge in [0.25, 0.3) is 17.7 Å². The first kappa shape index (κ1) is 21.1. The van der Waals surface area contributed by atoms with Gasteiger partial charge in [-0.1, -0.05) is 46.9 Å². The van der Waals surface area contributed by atoms with E-state index in [4.69, 9.17) is 39.5 Å². The Kier molecular flexibility index (Phi) is 6.12. The number of benzene rings is 2. The average molecular weight is 456 g/mol.